The highest BCUT2D eigenvalue weighted by atomic mass is 35.5. The van der Waals surface area contributed by atoms with E-state index in [9.17, 15) is 0 Å². The molecule has 0 aliphatic heterocycles. The topological polar surface area (TPSA) is 23.8 Å². The fourth-order valence-electron chi connectivity index (χ4n) is 0. The molecule has 1 nitrogen and oxygen atoms in total. The summed E-state index contributed by atoms with van der Waals surface area (Å²) in [6.45, 7) is 0. The summed E-state index contributed by atoms with van der Waals surface area (Å²) < 4.78 is 0. The fraction of sp³-hybridized carbons (Fsp3) is 0. The van der Waals surface area contributed by atoms with Crippen molar-refractivity contribution >= 4 is 23.2 Å². The van der Waals surface area contributed by atoms with Gasteiger partial charge in [-0.2, -0.15) is 5.26 Å². The van der Waals surface area contributed by atoms with Crippen LogP contribution < -0.4 is 0 Å². The van der Waals surface area contributed by atoms with Crippen LogP contribution in [-0.4, -0.2) is 0 Å². The number of nitrogens with zero attached hydrogens (tertiary/aromatic N) is 1. The molecule has 1 radical (unpaired) electrons. The second-order valence-corrected chi connectivity index (χ2v) is 1.32. The highest BCUT2D eigenvalue weighted by Crippen LogP contribution is 2.06. The van der Waals surface area contributed by atoms with Crippen LogP contribution in [0.5, 0.6) is 0 Å². The third-order valence-electron chi connectivity index (χ3n) is 0.0845. The molecule has 0 rings (SSSR count). The molecule has 0 aromatic carbocycles. The quantitative estimate of drug-likeness (QED) is 0.462. The summed E-state index contributed by atoms with van der Waals surface area (Å²) >= 11 is 9.57. The Labute approximate surface area is 40.1 Å². The fourth-order valence-corrected chi connectivity index (χ4v) is 0. The lowest BCUT2D eigenvalue weighted by Crippen LogP contribution is -1.55. The number of hydrogen-bond donors (Lipinski definition) is 0. The molecule has 0 spiro atoms. The Morgan fingerprint density at radius 2 is 1.80 bits per heavy atom. The Kier molecular flexibility index (Phi) is 2.35. The largest absolute Gasteiger partial charge is 0.249 e. The summed E-state index contributed by atoms with van der Waals surface area (Å²) in [6, 6.07) is 1.48. The van der Waals surface area contributed by atoms with Gasteiger partial charge in [-0.25, -0.2) is 0 Å². The van der Waals surface area contributed by atoms with Crippen LogP contribution >= 0.6 is 23.2 Å². The van der Waals surface area contributed by atoms with Crippen molar-refractivity contribution in [3.05, 3.63) is 4.84 Å². The van der Waals surface area contributed by atoms with E-state index in [1.54, 1.807) is 0 Å². The van der Waals surface area contributed by atoms with Crippen LogP contribution in [0, 0.1) is 16.2 Å². The van der Waals surface area contributed by atoms with Gasteiger partial charge in [0.15, 0.2) is 0 Å². The summed E-state index contributed by atoms with van der Waals surface area (Å²) in [5, 5.41) is 7.59. The summed E-state index contributed by atoms with van der Waals surface area (Å²) in [7, 11) is 0. The molecule has 0 amide bonds. The van der Waals surface area contributed by atoms with E-state index in [2.05, 4.69) is 0 Å². The standard InChI is InChI=1S/C2Cl2N/c3-2(4)1-5. The number of hydrogen-bond acceptors (Lipinski definition) is 1. The van der Waals surface area contributed by atoms with Gasteiger partial charge in [-0.15, -0.1) is 0 Å². The van der Waals surface area contributed by atoms with Gasteiger partial charge in [-0.05, 0) is 0 Å². The third-order valence-corrected chi connectivity index (χ3v) is 0.254. The molecular formula is C2Cl2N. The Hall–Kier alpha value is 0.0700. The van der Waals surface area contributed by atoms with Gasteiger partial charge in [0, 0.05) is 0 Å². The molecule has 0 unspecified atom stereocenters. The van der Waals surface area contributed by atoms with Crippen molar-refractivity contribution < 1.29 is 0 Å². The number of halogens is 2. The molecule has 27 valence electrons. The minimum absolute atomic E-state index is 0.245. The molecule has 0 saturated heterocycles. The zero-order valence-electron chi connectivity index (χ0n) is 2.20. The molecule has 0 aromatic heterocycles. The Bertz CT molecular complexity index is 53.2. The van der Waals surface area contributed by atoms with Gasteiger partial charge >= 0.3 is 0 Å². The van der Waals surface area contributed by atoms with Crippen molar-refractivity contribution in [3.8, 4) is 6.07 Å². The molecule has 0 aliphatic carbocycles. The summed E-state index contributed by atoms with van der Waals surface area (Å²) in [5.41, 5.74) is 0. The van der Waals surface area contributed by atoms with Gasteiger partial charge in [-0.3, -0.25) is 0 Å². The van der Waals surface area contributed by atoms with Crippen LogP contribution in [0.15, 0.2) is 0 Å². The molecule has 5 heavy (non-hydrogen) atoms. The van der Waals surface area contributed by atoms with Gasteiger partial charge in [-0.1, -0.05) is 23.2 Å². The van der Waals surface area contributed by atoms with Crippen LogP contribution in [-0.2, 0) is 0 Å². The monoisotopic (exact) mass is 108 g/mol. The maximum Gasteiger partial charge on any atom is 0.249 e. The minimum Gasteiger partial charge on any atom is -0.195 e. The number of rotatable bonds is 0. The first-order valence-corrected chi connectivity index (χ1v) is 1.61. The smallest absolute Gasteiger partial charge is 0.195 e. The predicted molar refractivity (Wildman–Crippen MR) is 20.6 cm³/mol. The summed E-state index contributed by atoms with van der Waals surface area (Å²) in [6.07, 6.45) is 0. The van der Waals surface area contributed by atoms with E-state index in [1.165, 1.54) is 6.07 Å². The number of nitriles is 1. The van der Waals surface area contributed by atoms with E-state index in [4.69, 9.17) is 28.5 Å². The Morgan fingerprint density at radius 1 is 1.60 bits per heavy atom. The third kappa shape index (κ3) is 4.07. The van der Waals surface area contributed by atoms with E-state index in [0.717, 1.165) is 0 Å². The lowest BCUT2D eigenvalue weighted by Gasteiger charge is -1.66. The summed E-state index contributed by atoms with van der Waals surface area (Å²) in [4.78, 5) is -0.245. The van der Waals surface area contributed by atoms with Crippen molar-refractivity contribution in [2.24, 2.45) is 0 Å². The molecule has 0 bridgehead atoms. The summed E-state index contributed by atoms with van der Waals surface area (Å²) in [5.74, 6) is 0. The second-order valence-electron chi connectivity index (χ2n) is 0.372. The normalized spacial score (nSPS) is 7.60. The van der Waals surface area contributed by atoms with Gasteiger partial charge in [0.25, 0.3) is 0 Å². The van der Waals surface area contributed by atoms with Crippen LogP contribution in [0.4, 0.5) is 0 Å². The van der Waals surface area contributed by atoms with E-state index >= 15 is 0 Å². The Balaban J connectivity index is 2.94. The van der Waals surface area contributed by atoms with Gasteiger partial charge in [0.05, 0.1) is 0 Å². The highest BCUT2D eigenvalue weighted by molar-refractivity contribution is 6.54. The average molecular weight is 109 g/mol. The molecule has 0 saturated carbocycles. The lowest BCUT2D eigenvalue weighted by atomic mass is 10.9. The van der Waals surface area contributed by atoms with E-state index in [-0.39, 0.29) is 4.84 Å². The van der Waals surface area contributed by atoms with Crippen LogP contribution in [0.1, 0.15) is 0 Å². The maximum absolute atomic E-state index is 7.59. The Morgan fingerprint density at radius 3 is 1.80 bits per heavy atom. The van der Waals surface area contributed by atoms with Crippen molar-refractivity contribution in [1.82, 2.24) is 0 Å². The molecule has 0 fully saturated rings. The molecule has 0 atom stereocenters. The van der Waals surface area contributed by atoms with Gasteiger partial charge < -0.3 is 0 Å². The minimum atomic E-state index is -0.245. The van der Waals surface area contributed by atoms with Crippen LogP contribution in [0.25, 0.3) is 0 Å². The molecule has 0 aliphatic rings. The molecule has 0 N–H and O–H groups in total. The molecule has 3 heteroatoms. The zero-order valence-corrected chi connectivity index (χ0v) is 3.72. The van der Waals surface area contributed by atoms with Crippen LogP contribution in [0.2, 0.25) is 0 Å². The van der Waals surface area contributed by atoms with Gasteiger partial charge in [0.2, 0.25) is 4.84 Å². The van der Waals surface area contributed by atoms with E-state index < -0.39 is 0 Å². The first-order valence-electron chi connectivity index (χ1n) is 0.852. The van der Waals surface area contributed by atoms with Crippen molar-refractivity contribution in [1.29, 1.82) is 5.26 Å². The molecular weight excluding hydrogens is 109 g/mol. The zero-order chi connectivity index (χ0) is 4.28. The molecule has 0 aromatic rings. The van der Waals surface area contributed by atoms with Crippen LogP contribution in [0.3, 0.4) is 0 Å². The van der Waals surface area contributed by atoms with Gasteiger partial charge in [0.1, 0.15) is 6.07 Å². The first kappa shape index (κ1) is 5.07. The SMILES string of the molecule is N#C[C](Cl)Cl. The van der Waals surface area contributed by atoms with E-state index in [0.29, 0.717) is 0 Å². The maximum atomic E-state index is 7.59. The van der Waals surface area contributed by atoms with E-state index in [1.807, 2.05) is 0 Å². The van der Waals surface area contributed by atoms with Crippen molar-refractivity contribution in [2.75, 3.05) is 0 Å². The predicted octanol–water partition coefficient (Wildman–Crippen LogP) is 1.48. The highest BCUT2D eigenvalue weighted by Gasteiger charge is 1.89. The van der Waals surface area contributed by atoms with Crippen molar-refractivity contribution in [3.63, 3.8) is 0 Å². The average Bonchev–Trinajstić information content (AvgIpc) is 1.38. The molecule has 0 heterocycles. The first-order chi connectivity index (χ1) is 2.27. The second kappa shape index (κ2) is 2.32. The lowest BCUT2D eigenvalue weighted by molar-refractivity contribution is 1.51. The van der Waals surface area contributed by atoms with Crippen molar-refractivity contribution in [2.45, 2.75) is 0 Å².